The van der Waals surface area contributed by atoms with E-state index >= 15 is 0 Å². The first kappa shape index (κ1) is 15.7. The van der Waals surface area contributed by atoms with Crippen molar-refractivity contribution in [2.75, 3.05) is 7.11 Å². The second-order valence-corrected chi connectivity index (χ2v) is 5.28. The number of nitrogens with one attached hydrogen (secondary N) is 1. The van der Waals surface area contributed by atoms with Crippen LogP contribution in [0.25, 0.3) is 5.76 Å². The van der Waals surface area contributed by atoms with Crippen LogP contribution in [0.1, 0.15) is 17.2 Å². The minimum Gasteiger partial charge on any atom is -0.507 e. The summed E-state index contributed by atoms with van der Waals surface area (Å²) >= 11 is 0. The highest BCUT2D eigenvalue weighted by molar-refractivity contribution is 6.46. The Morgan fingerprint density at radius 1 is 1.17 bits per heavy atom. The second-order valence-electron chi connectivity index (χ2n) is 5.28. The highest BCUT2D eigenvalue weighted by Gasteiger charge is 2.39. The Labute approximate surface area is 137 Å². The number of benzene rings is 2. The lowest BCUT2D eigenvalue weighted by atomic mass is 9.96. The van der Waals surface area contributed by atoms with Crippen molar-refractivity contribution in [3.63, 3.8) is 0 Å². The van der Waals surface area contributed by atoms with Crippen LogP contribution in [-0.4, -0.2) is 23.9 Å². The van der Waals surface area contributed by atoms with Gasteiger partial charge in [-0.05, 0) is 42.0 Å². The Bertz CT molecular complexity index is 842. The quantitative estimate of drug-likeness (QED) is 0.516. The van der Waals surface area contributed by atoms with E-state index in [0.717, 1.165) is 0 Å². The maximum Gasteiger partial charge on any atom is 0.293 e. The van der Waals surface area contributed by atoms with Crippen molar-refractivity contribution in [3.8, 4) is 5.75 Å². The molecule has 1 aliphatic heterocycles. The number of Topliss-reactive ketones (excluding diaryl/α,β-unsaturated/α-hetero) is 1. The van der Waals surface area contributed by atoms with Crippen LogP contribution in [0, 0.1) is 5.82 Å². The van der Waals surface area contributed by atoms with Gasteiger partial charge in [0.25, 0.3) is 11.7 Å². The molecule has 1 atom stereocenters. The summed E-state index contributed by atoms with van der Waals surface area (Å²) in [6.07, 6.45) is 0. The summed E-state index contributed by atoms with van der Waals surface area (Å²) in [7, 11) is 1.51. The number of carbonyl (C=O) groups excluding carboxylic acids is 2. The predicted octanol–water partition coefficient (Wildman–Crippen LogP) is 2.54. The van der Waals surface area contributed by atoms with Crippen molar-refractivity contribution in [2.45, 2.75) is 6.04 Å². The van der Waals surface area contributed by atoms with Gasteiger partial charge in [-0.1, -0.05) is 12.1 Å². The van der Waals surface area contributed by atoms with E-state index in [1.807, 2.05) is 0 Å². The van der Waals surface area contributed by atoms with E-state index in [1.54, 1.807) is 30.3 Å². The lowest BCUT2D eigenvalue weighted by Crippen LogP contribution is -2.21. The van der Waals surface area contributed by atoms with Crippen LogP contribution in [-0.2, 0) is 9.59 Å². The topological polar surface area (TPSA) is 75.6 Å². The third-order valence-electron chi connectivity index (χ3n) is 3.82. The zero-order chi connectivity index (χ0) is 17.3. The number of hydrogen-bond acceptors (Lipinski definition) is 4. The zero-order valence-electron chi connectivity index (χ0n) is 12.7. The number of carbonyl (C=O) groups is 2. The number of ether oxygens (including phenoxy) is 1. The van der Waals surface area contributed by atoms with Crippen LogP contribution in [0.3, 0.4) is 0 Å². The molecule has 2 aromatic carbocycles. The maximum atomic E-state index is 13.5. The molecule has 0 radical (unpaired) electrons. The zero-order valence-corrected chi connectivity index (χ0v) is 12.7. The molecule has 122 valence electrons. The third kappa shape index (κ3) is 2.74. The fraction of sp³-hybridized carbons (Fsp3) is 0.111. The predicted molar refractivity (Wildman–Crippen MR) is 84.8 cm³/mol. The molecule has 0 saturated carbocycles. The fourth-order valence-electron chi connectivity index (χ4n) is 2.61. The molecule has 24 heavy (non-hydrogen) atoms. The molecular weight excluding hydrogens is 313 g/mol. The first-order valence-corrected chi connectivity index (χ1v) is 7.19. The van der Waals surface area contributed by atoms with Gasteiger partial charge < -0.3 is 15.2 Å². The molecule has 0 bridgehead atoms. The molecule has 6 heteroatoms. The number of aliphatic hydroxyl groups excluding tert-OH is 1. The van der Waals surface area contributed by atoms with E-state index in [4.69, 9.17) is 4.74 Å². The van der Waals surface area contributed by atoms with Gasteiger partial charge in [-0.15, -0.1) is 0 Å². The molecule has 1 saturated heterocycles. The van der Waals surface area contributed by atoms with Crippen molar-refractivity contribution in [3.05, 3.63) is 71.0 Å². The van der Waals surface area contributed by atoms with Gasteiger partial charge >= 0.3 is 0 Å². The van der Waals surface area contributed by atoms with Crippen molar-refractivity contribution in [1.82, 2.24) is 5.32 Å². The number of hydrogen-bond donors (Lipinski definition) is 2. The van der Waals surface area contributed by atoms with Crippen molar-refractivity contribution in [1.29, 1.82) is 0 Å². The standard InChI is InChI=1S/C18H14FNO4/c1-24-13-7-5-10(6-8-13)16(21)14-15(20-18(23)17(14)22)11-3-2-4-12(19)9-11/h2-9,15,21H,1H3,(H,20,23)/b16-14+. The van der Waals surface area contributed by atoms with Crippen LogP contribution < -0.4 is 10.1 Å². The second kappa shape index (κ2) is 6.16. The molecule has 3 rings (SSSR count). The van der Waals surface area contributed by atoms with E-state index in [9.17, 15) is 19.1 Å². The van der Waals surface area contributed by atoms with Gasteiger partial charge in [0, 0.05) is 5.56 Å². The Hall–Kier alpha value is -3.15. The van der Waals surface area contributed by atoms with Crippen LogP contribution in [0.2, 0.25) is 0 Å². The Balaban J connectivity index is 2.09. The van der Waals surface area contributed by atoms with Crippen LogP contribution in [0.15, 0.2) is 54.1 Å². The molecule has 5 nitrogen and oxygen atoms in total. The smallest absolute Gasteiger partial charge is 0.293 e. The highest BCUT2D eigenvalue weighted by atomic mass is 19.1. The van der Waals surface area contributed by atoms with E-state index in [2.05, 4.69) is 5.32 Å². The van der Waals surface area contributed by atoms with E-state index in [-0.39, 0.29) is 11.3 Å². The lowest BCUT2D eigenvalue weighted by molar-refractivity contribution is -0.133. The molecule has 1 aliphatic rings. The molecule has 2 N–H and O–H groups in total. The van der Waals surface area contributed by atoms with E-state index < -0.39 is 23.5 Å². The summed E-state index contributed by atoms with van der Waals surface area (Å²) in [6.45, 7) is 0. The summed E-state index contributed by atoms with van der Waals surface area (Å²) in [6, 6.07) is 11.0. The molecule has 0 spiro atoms. The van der Waals surface area contributed by atoms with E-state index in [0.29, 0.717) is 16.9 Å². The molecule has 2 aromatic rings. The van der Waals surface area contributed by atoms with Gasteiger partial charge in [-0.3, -0.25) is 9.59 Å². The van der Waals surface area contributed by atoms with E-state index in [1.165, 1.54) is 25.3 Å². The minimum atomic E-state index is -0.900. The van der Waals surface area contributed by atoms with Crippen molar-refractivity contribution >= 4 is 17.4 Å². The molecule has 1 heterocycles. The van der Waals surface area contributed by atoms with Crippen LogP contribution >= 0.6 is 0 Å². The Morgan fingerprint density at radius 3 is 2.50 bits per heavy atom. The van der Waals surface area contributed by atoms with Crippen molar-refractivity contribution < 1.29 is 23.8 Å². The van der Waals surface area contributed by atoms with Gasteiger partial charge in [0.2, 0.25) is 0 Å². The largest absolute Gasteiger partial charge is 0.507 e. The first-order chi connectivity index (χ1) is 11.5. The minimum absolute atomic E-state index is 0.101. The Kier molecular flexibility index (Phi) is 4.04. The van der Waals surface area contributed by atoms with Crippen LogP contribution in [0.4, 0.5) is 4.39 Å². The maximum absolute atomic E-state index is 13.5. The monoisotopic (exact) mass is 327 g/mol. The molecule has 0 aromatic heterocycles. The molecule has 1 fully saturated rings. The fourth-order valence-corrected chi connectivity index (χ4v) is 2.61. The molecule has 0 aliphatic carbocycles. The number of aliphatic hydroxyl groups is 1. The highest BCUT2D eigenvalue weighted by Crippen LogP contribution is 2.33. The summed E-state index contributed by atoms with van der Waals surface area (Å²) in [5.74, 6) is -1.90. The SMILES string of the molecule is COc1ccc(/C(O)=C2\C(=O)C(=O)NC2c2cccc(F)c2)cc1. The van der Waals surface area contributed by atoms with Crippen molar-refractivity contribution in [2.24, 2.45) is 0 Å². The molecule has 1 unspecified atom stereocenters. The number of ketones is 1. The average Bonchev–Trinajstić information content (AvgIpc) is 2.89. The normalized spacial score (nSPS) is 19.2. The summed E-state index contributed by atoms with van der Waals surface area (Å²) in [5, 5.41) is 13.0. The molecular formula is C18H14FNO4. The first-order valence-electron chi connectivity index (χ1n) is 7.19. The van der Waals surface area contributed by atoms with Gasteiger partial charge in [-0.25, -0.2) is 4.39 Å². The number of rotatable bonds is 3. The molecule has 1 amide bonds. The summed E-state index contributed by atoms with van der Waals surface area (Å²) < 4.78 is 18.5. The number of halogens is 1. The summed E-state index contributed by atoms with van der Waals surface area (Å²) in [4.78, 5) is 23.9. The summed E-state index contributed by atoms with van der Waals surface area (Å²) in [5.41, 5.74) is 0.636. The number of amides is 1. The van der Waals surface area contributed by atoms with Gasteiger partial charge in [0.05, 0.1) is 18.7 Å². The lowest BCUT2D eigenvalue weighted by Gasteiger charge is -2.14. The van der Waals surface area contributed by atoms with Gasteiger partial charge in [-0.2, -0.15) is 0 Å². The average molecular weight is 327 g/mol. The van der Waals surface area contributed by atoms with Gasteiger partial charge in [0.15, 0.2) is 0 Å². The third-order valence-corrected chi connectivity index (χ3v) is 3.82. The number of methoxy groups -OCH3 is 1. The Morgan fingerprint density at radius 2 is 1.88 bits per heavy atom. The van der Waals surface area contributed by atoms with Crippen LogP contribution in [0.5, 0.6) is 5.75 Å². The van der Waals surface area contributed by atoms with Gasteiger partial charge in [0.1, 0.15) is 17.3 Å².